The fourth-order valence-electron chi connectivity index (χ4n) is 3.81. The van der Waals surface area contributed by atoms with Gasteiger partial charge >= 0.3 is 0 Å². The molecule has 6 rings (SSSR count). The van der Waals surface area contributed by atoms with Crippen molar-refractivity contribution in [1.29, 1.82) is 0 Å². The summed E-state index contributed by atoms with van der Waals surface area (Å²) in [5.74, 6) is 0.885. The monoisotopic (exact) mass is 369 g/mol. The molecule has 0 atom stereocenters. The quantitative estimate of drug-likeness (QED) is 0.660. The first-order valence-electron chi connectivity index (χ1n) is 9.39. The maximum atomic E-state index is 13.2. The van der Waals surface area contributed by atoms with Crippen LogP contribution in [0.5, 0.6) is 5.75 Å². The number of aromatic nitrogens is 1. The van der Waals surface area contributed by atoms with Crippen LogP contribution >= 0.6 is 0 Å². The van der Waals surface area contributed by atoms with E-state index in [9.17, 15) is 9.90 Å². The highest BCUT2D eigenvalue weighted by molar-refractivity contribution is 6.09. The van der Waals surface area contributed by atoms with E-state index in [4.69, 9.17) is 4.99 Å². The average Bonchev–Trinajstić information content (AvgIpc) is 2.81. The van der Waals surface area contributed by atoms with Crippen molar-refractivity contribution in [2.75, 3.05) is 6.54 Å². The topological polar surface area (TPSA) is 65.8 Å². The lowest BCUT2D eigenvalue weighted by Gasteiger charge is -2.26. The summed E-state index contributed by atoms with van der Waals surface area (Å²) in [6.07, 6.45) is 5.12. The fourth-order valence-corrected chi connectivity index (χ4v) is 3.81. The number of rotatable bonds is 0. The van der Waals surface area contributed by atoms with E-state index in [1.165, 1.54) is 5.56 Å². The minimum atomic E-state index is 0.0202. The lowest BCUT2D eigenvalue weighted by atomic mass is 9.99. The van der Waals surface area contributed by atoms with Crippen LogP contribution in [0.4, 0.5) is 5.69 Å². The molecule has 1 aromatic heterocycles. The van der Waals surface area contributed by atoms with Gasteiger partial charge in [-0.15, -0.1) is 0 Å². The minimum absolute atomic E-state index is 0.0202. The molecule has 3 aliphatic rings. The highest BCUT2D eigenvalue weighted by Gasteiger charge is 2.25. The lowest BCUT2D eigenvalue weighted by Crippen LogP contribution is -2.39. The molecule has 0 radical (unpaired) electrons. The van der Waals surface area contributed by atoms with E-state index in [0.717, 1.165) is 34.4 Å². The molecule has 5 nitrogen and oxygen atoms in total. The molecule has 3 aliphatic heterocycles. The van der Waals surface area contributed by atoms with Crippen molar-refractivity contribution in [3.63, 3.8) is 0 Å². The Hall–Kier alpha value is -3.47. The van der Waals surface area contributed by atoms with Crippen LogP contribution in [0, 0.1) is 0 Å². The Morgan fingerprint density at radius 1 is 0.929 bits per heavy atom. The van der Waals surface area contributed by atoms with Gasteiger partial charge in [0.2, 0.25) is 5.91 Å². The predicted octanol–water partition coefficient (Wildman–Crippen LogP) is 3.40. The molecule has 0 unspecified atom stereocenters. The molecule has 0 fully saturated rings. The first-order valence-corrected chi connectivity index (χ1v) is 9.39. The molecule has 0 aliphatic carbocycles. The molecule has 3 aromatic rings. The minimum Gasteiger partial charge on any atom is -0.508 e. The second-order valence-electron chi connectivity index (χ2n) is 7.25. The van der Waals surface area contributed by atoms with E-state index in [1.54, 1.807) is 23.4 Å². The highest BCUT2D eigenvalue weighted by Crippen LogP contribution is 2.31. The number of aromatic hydroxyl groups is 1. The van der Waals surface area contributed by atoms with Crippen LogP contribution < -0.4 is 0 Å². The van der Waals surface area contributed by atoms with Gasteiger partial charge in [-0.2, -0.15) is 0 Å². The summed E-state index contributed by atoms with van der Waals surface area (Å²) >= 11 is 0. The average molecular weight is 369 g/mol. The second kappa shape index (κ2) is 6.60. The first-order chi connectivity index (χ1) is 13.7. The third-order valence-corrected chi connectivity index (χ3v) is 5.39. The third kappa shape index (κ3) is 2.95. The van der Waals surface area contributed by atoms with Gasteiger partial charge in [0.1, 0.15) is 11.6 Å². The SMILES string of the molecule is O=C1Cc2ccc(cc2)CCN1C1=Nc2cnccc2Cc2cc1ccc2O. The van der Waals surface area contributed by atoms with Gasteiger partial charge in [0, 0.05) is 24.7 Å². The first kappa shape index (κ1) is 16.7. The van der Waals surface area contributed by atoms with Crippen LogP contribution in [0.3, 0.4) is 0 Å². The number of hydrogen-bond donors (Lipinski definition) is 1. The molecule has 1 N–H and O–H groups in total. The predicted molar refractivity (Wildman–Crippen MR) is 107 cm³/mol. The Morgan fingerprint density at radius 2 is 1.75 bits per heavy atom. The van der Waals surface area contributed by atoms with Crippen molar-refractivity contribution < 1.29 is 9.90 Å². The Balaban J connectivity index is 1.65. The van der Waals surface area contributed by atoms with Crippen LogP contribution in [0.1, 0.15) is 27.8 Å². The molecule has 2 aromatic carbocycles. The van der Waals surface area contributed by atoms with E-state index < -0.39 is 0 Å². The Labute approximate surface area is 163 Å². The summed E-state index contributed by atoms with van der Waals surface area (Å²) in [5.41, 5.74) is 5.56. The van der Waals surface area contributed by atoms with Gasteiger partial charge in [0.05, 0.1) is 18.3 Å². The molecular weight excluding hydrogens is 350 g/mol. The van der Waals surface area contributed by atoms with Crippen LogP contribution in [-0.4, -0.2) is 33.3 Å². The fraction of sp³-hybridized carbons (Fsp3) is 0.174. The van der Waals surface area contributed by atoms with Crippen molar-refractivity contribution in [2.45, 2.75) is 19.3 Å². The van der Waals surface area contributed by atoms with Crippen molar-refractivity contribution in [1.82, 2.24) is 9.88 Å². The van der Waals surface area contributed by atoms with Crippen molar-refractivity contribution in [3.8, 4) is 5.75 Å². The maximum absolute atomic E-state index is 13.2. The van der Waals surface area contributed by atoms with Gasteiger partial charge in [0.25, 0.3) is 0 Å². The zero-order valence-electron chi connectivity index (χ0n) is 15.3. The Bertz CT molecular complexity index is 1100. The molecule has 5 heteroatoms. The van der Waals surface area contributed by atoms with Gasteiger partial charge in [-0.3, -0.25) is 14.7 Å². The van der Waals surface area contributed by atoms with E-state index in [-0.39, 0.29) is 11.7 Å². The van der Waals surface area contributed by atoms with Crippen molar-refractivity contribution in [3.05, 3.63) is 88.7 Å². The summed E-state index contributed by atoms with van der Waals surface area (Å²) in [6, 6.07) is 15.6. The normalized spacial score (nSPS) is 15.6. The number of hydrogen-bond acceptors (Lipinski definition) is 4. The number of carbonyl (C=O) groups is 1. The highest BCUT2D eigenvalue weighted by atomic mass is 16.3. The zero-order valence-corrected chi connectivity index (χ0v) is 15.3. The third-order valence-electron chi connectivity index (χ3n) is 5.39. The van der Waals surface area contributed by atoms with Crippen LogP contribution in [0.2, 0.25) is 0 Å². The number of amidine groups is 1. The standard InChI is InChI=1S/C23H19N3O2/c27-21-6-5-18-13-19(21)12-17-7-9-24-14-20(17)25-23(18)26-10-8-15-1-3-16(4-2-15)11-22(26)28/h1-7,9,13-14,27H,8,10-12H2. The summed E-state index contributed by atoms with van der Waals surface area (Å²) < 4.78 is 0. The molecule has 1 amide bonds. The van der Waals surface area contributed by atoms with E-state index in [2.05, 4.69) is 17.1 Å². The molecule has 4 heterocycles. The lowest BCUT2D eigenvalue weighted by molar-refractivity contribution is -0.126. The molecule has 0 saturated carbocycles. The summed E-state index contributed by atoms with van der Waals surface area (Å²) in [7, 11) is 0. The van der Waals surface area contributed by atoms with E-state index >= 15 is 0 Å². The van der Waals surface area contributed by atoms with Crippen LogP contribution in [0.15, 0.2) is 65.9 Å². The van der Waals surface area contributed by atoms with Crippen LogP contribution in [-0.2, 0) is 24.1 Å². The number of nitrogens with zero attached hydrogens (tertiary/aromatic N) is 3. The molecule has 0 spiro atoms. The second-order valence-corrected chi connectivity index (χ2v) is 7.25. The van der Waals surface area contributed by atoms with Gasteiger partial charge in [-0.1, -0.05) is 24.3 Å². The number of benzene rings is 2. The summed E-state index contributed by atoms with van der Waals surface area (Å²) in [5, 5.41) is 10.3. The Morgan fingerprint density at radius 3 is 2.61 bits per heavy atom. The Kier molecular flexibility index (Phi) is 3.93. The number of amides is 1. The zero-order chi connectivity index (χ0) is 19.1. The molecule has 0 saturated heterocycles. The van der Waals surface area contributed by atoms with Gasteiger partial charge in [-0.05, 0) is 52.9 Å². The summed E-state index contributed by atoms with van der Waals surface area (Å²) in [4.78, 5) is 24.0. The van der Waals surface area contributed by atoms with Crippen LogP contribution in [0.25, 0.3) is 0 Å². The van der Waals surface area contributed by atoms with E-state index in [1.807, 2.05) is 30.3 Å². The van der Waals surface area contributed by atoms with Gasteiger partial charge in [-0.25, -0.2) is 4.99 Å². The van der Waals surface area contributed by atoms with Crippen molar-refractivity contribution >= 4 is 17.4 Å². The number of carbonyl (C=O) groups excluding carboxylic acids is 1. The number of fused-ring (bicyclic) bond motifs is 9. The van der Waals surface area contributed by atoms with Crippen molar-refractivity contribution in [2.24, 2.45) is 4.99 Å². The number of aliphatic imine (C=N–C) groups is 1. The van der Waals surface area contributed by atoms with Gasteiger partial charge in [0.15, 0.2) is 0 Å². The molecule has 4 bridgehead atoms. The summed E-state index contributed by atoms with van der Waals surface area (Å²) in [6.45, 7) is 0.556. The number of phenolic OH excluding ortho intramolecular Hbond substituents is 1. The largest absolute Gasteiger partial charge is 0.508 e. The number of pyridine rings is 1. The number of phenols is 1. The van der Waals surface area contributed by atoms with E-state index in [0.29, 0.717) is 25.2 Å². The molecular formula is C23H19N3O2. The maximum Gasteiger partial charge on any atom is 0.232 e. The molecule has 28 heavy (non-hydrogen) atoms. The molecule has 138 valence electrons. The smallest absolute Gasteiger partial charge is 0.232 e. The van der Waals surface area contributed by atoms with Gasteiger partial charge < -0.3 is 5.11 Å².